The molecule has 1 unspecified atom stereocenters. The van der Waals surface area contributed by atoms with Crippen LogP contribution >= 0.6 is 27.5 Å². The van der Waals surface area contributed by atoms with E-state index in [1.54, 1.807) is 14.2 Å². The summed E-state index contributed by atoms with van der Waals surface area (Å²) in [5.74, 6) is 7.66. The van der Waals surface area contributed by atoms with Crippen molar-refractivity contribution in [3.63, 3.8) is 0 Å². The minimum absolute atomic E-state index is 0.000839. The molecule has 0 aromatic heterocycles. The third-order valence-corrected chi connectivity index (χ3v) is 3.74. The fraction of sp³-hybridized carbons (Fsp3) is 0.500. The summed E-state index contributed by atoms with van der Waals surface area (Å²) in [7, 11) is 3.24. The first-order valence-electron chi connectivity index (χ1n) is 5.62. The number of nitrogens with one attached hydrogen (secondary N) is 1. The summed E-state index contributed by atoms with van der Waals surface area (Å²) in [5.41, 5.74) is 3.78. The average Bonchev–Trinajstić information content (AvgIpc) is 2.40. The van der Waals surface area contributed by atoms with Crippen LogP contribution in [0, 0.1) is 0 Å². The van der Waals surface area contributed by atoms with Crippen LogP contribution in [-0.2, 0) is 0 Å². The molecule has 1 atom stereocenters. The molecule has 0 amide bonds. The van der Waals surface area contributed by atoms with Gasteiger partial charge in [0.25, 0.3) is 0 Å². The third kappa shape index (κ3) is 3.51. The molecule has 0 radical (unpaired) electrons. The molecule has 0 spiro atoms. The van der Waals surface area contributed by atoms with Gasteiger partial charge in [-0.1, -0.05) is 0 Å². The van der Waals surface area contributed by atoms with E-state index >= 15 is 0 Å². The molecule has 0 aliphatic carbocycles. The Morgan fingerprint density at radius 2 is 2.11 bits per heavy atom. The molecule has 3 N–H and O–H groups in total. The maximum absolute atomic E-state index is 5.71. The molecular formula is C12H18BrClN2O2. The summed E-state index contributed by atoms with van der Waals surface area (Å²) >= 11 is 9.19. The quantitative estimate of drug-likeness (QED) is 0.456. The highest BCUT2D eigenvalue weighted by molar-refractivity contribution is 9.10. The second kappa shape index (κ2) is 7.84. The number of methoxy groups -OCH3 is 2. The van der Waals surface area contributed by atoms with E-state index < -0.39 is 0 Å². The first-order chi connectivity index (χ1) is 8.69. The minimum atomic E-state index is 0.000839. The van der Waals surface area contributed by atoms with E-state index in [0.29, 0.717) is 5.88 Å². The Bertz CT molecular complexity index is 391. The van der Waals surface area contributed by atoms with Gasteiger partial charge in [-0.2, -0.15) is 0 Å². The van der Waals surface area contributed by atoms with E-state index in [1.165, 1.54) is 0 Å². The maximum atomic E-state index is 5.71. The molecule has 0 saturated heterocycles. The molecule has 0 heterocycles. The van der Waals surface area contributed by atoms with Crippen LogP contribution in [-0.4, -0.2) is 20.1 Å². The van der Waals surface area contributed by atoms with Crippen molar-refractivity contribution in [2.75, 3.05) is 20.1 Å². The number of hydrazine groups is 1. The molecule has 1 rings (SSSR count). The molecule has 0 aliphatic heterocycles. The summed E-state index contributed by atoms with van der Waals surface area (Å²) in [6.07, 6.45) is 1.72. The van der Waals surface area contributed by atoms with Crippen LogP contribution in [0.15, 0.2) is 16.6 Å². The zero-order valence-corrected chi connectivity index (χ0v) is 12.8. The first-order valence-corrected chi connectivity index (χ1v) is 6.94. The van der Waals surface area contributed by atoms with Gasteiger partial charge in [-0.25, -0.2) is 0 Å². The molecular weight excluding hydrogens is 320 g/mol. The van der Waals surface area contributed by atoms with Gasteiger partial charge in [0.2, 0.25) is 0 Å². The Hall–Kier alpha value is -0.490. The lowest BCUT2D eigenvalue weighted by atomic mass is 10.0. The van der Waals surface area contributed by atoms with Crippen LogP contribution in [0.5, 0.6) is 11.5 Å². The van der Waals surface area contributed by atoms with Crippen LogP contribution in [0.4, 0.5) is 0 Å². The van der Waals surface area contributed by atoms with Crippen LogP contribution in [0.3, 0.4) is 0 Å². The summed E-state index contributed by atoms with van der Waals surface area (Å²) in [6.45, 7) is 0. The van der Waals surface area contributed by atoms with Gasteiger partial charge in [0, 0.05) is 17.5 Å². The number of alkyl halides is 1. The molecule has 0 saturated carbocycles. The zero-order chi connectivity index (χ0) is 13.5. The van der Waals surface area contributed by atoms with Gasteiger partial charge in [0.05, 0.1) is 14.2 Å². The Kier molecular flexibility index (Phi) is 6.78. The van der Waals surface area contributed by atoms with E-state index in [2.05, 4.69) is 21.4 Å². The lowest BCUT2D eigenvalue weighted by molar-refractivity contribution is 0.377. The fourth-order valence-electron chi connectivity index (χ4n) is 1.80. The van der Waals surface area contributed by atoms with Crippen LogP contribution in [0.25, 0.3) is 0 Å². The molecule has 1 aromatic carbocycles. The average molecular weight is 338 g/mol. The van der Waals surface area contributed by atoms with Crippen molar-refractivity contribution in [3.05, 3.63) is 22.2 Å². The van der Waals surface area contributed by atoms with E-state index in [-0.39, 0.29) is 6.04 Å². The molecule has 18 heavy (non-hydrogen) atoms. The lowest BCUT2D eigenvalue weighted by Crippen LogP contribution is -2.28. The molecule has 0 bridgehead atoms. The standard InChI is InChI=1S/C12H18BrClN2O2/c1-17-10-6-5-8(12(18-2)11(10)13)9(16-15)4-3-7-14/h5-6,9,16H,3-4,7,15H2,1-2H3. The number of hydrogen-bond acceptors (Lipinski definition) is 4. The number of hydrogen-bond donors (Lipinski definition) is 2. The largest absolute Gasteiger partial charge is 0.495 e. The Balaban J connectivity index is 3.10. The first kappa shape index (κ1) is 15.6. The highest BCUT2D eigenvalue weighted by atomic mass is 79.9. The number of ether oxygens (including phenoxy) is 2. The molecule has 0 aliphatic rings. The van der Waals surface area contributed by atoms with Crippen LogP contribution < -0.4 is 20.7 Å². The summed E-state index contributed by atoms with van der Waals surface area (Å²) in [4.78, 5) is 0. The van der Waals surface area contributed by atoms with Gasteiger partial charge < -0.3 is 9.47 Å². The van der Waals surface area contributed by atoms with Crippen LogP contribution in [0.2, 0.25) is 0 Å². The summed E-state index contributed by atoms with van der Waals surface area (Å²) in [5, 5.41) is 0. The number of nitrogens with two attached hydrogens (primary N) is 1. The van der Waals surface area contributed by atoms with E-state index in [0.717, 1.165) is 34.4 Å². The van der Waals surface area contributed by atoms with E-state index in [1.807, 2.05) is 12.1 Å². The zero-order valence-electron chi connectivity index (χ0n) is 10.5. The van der Waals surface area contributed by atoms with Crippen molar-refractivity contribution in [2.45, 2.75) is 18.9 Å². The maximum Gasteiger partial charge on any atom is 0.141 e. The van der Waals surface area contributed by atoms with Crippen molar-refractivity contribution in [1.29, 1.82) is 0 Å². The molecule has 0 fully saturated rings. The molecule has 6 heteroatoms. The summed E-state index contributed by atoms with van der Waals surface area (Å²) < 4.78 is 11.5. The second-order valence-electron chi connectivity index (χ2n) is 3.75. The second-order valence-corrected chi connectivity index (χ2v) is 4.93. The highest BCUT2D eigenvalue weighted by Crippen LogP contribution is 2.40. The van der Waals surface area contributed by atoms with E-state index in [4.69, 9.17) is 26.9 Å². The number of halogens is 2. The normalized spacial score (nSPS) is 12.3. The van der Waals surface area contributed by atoms with E-state index in [9.17, 15) is 0 Å². The van der Waals surface area contributed by atoms with Gasteiger partial charge in [0.15, 0.2) is 0 Å². The predicted octanol–water partition coefficient (Wildman–Crippen LogP) is 2.99. The van der Waals surface area contributed by atoms with Crippen molar-refractivity contribution in [1.82, 2.24) is 5.43 Å². The summed E-state index contributed by atoms with van der Waals surface area (Å²) in [6, 6.07) is 3.83. The smallest absolute Gasteiger partial charge is 0.141 e. The van der Waals surface area contributed by atoms with Gasteiger partial charge in [-0.3, -0.25) is 11.3 Å². The molecule has 1 aromatic rings. The van der Waals surface area contributed by atoms with Crippen molar-refractivity contribution in [2.24, 2.45) is 5.84 Å². The number of benzene rings is 1. The van der Waals surface area contributed by atoms with Gasteiger partial charge in [0.1, 0.15) is 16.0 Å². The van der Waals surface area contributed by atoms with Gasteiger partial charge in [-0.05, 0) is 40.9 Å². The highest BCUT2D eigenvalue weighted by Gasteiger charge is 2.19. The topological polar surface area (TPSA) is 56.5 Å². The molecule has 4 nitrogen and oxygen atoms in total. The Labute approximate surface area is 121 Å². The number of rotatable bonds is 7. The van der Waals surface area contributed by atoms with Crippen molar-refractivity contribution in [3.8, 4) is 11.5 Å². The Morgan fingerprint density at radius 1 is 1.39 bits per heavy atom. The Morgan fingerprint density at radius 3 is 2.61 bits per heavy atom. The fourth-order valence-corrected chi connectivity index (χ4v) is 2.64. The van der Waals surface area contributed by atoms with Crippen molar-refractivity contribution < 1.29 is 9.47 Å². The van der Waals surface area contributed by atoms with Crippen LogP contribution in [0.1, 0.15) is 24.4 Å². The monoisotopic (exact) mass is 336 g/mol. The third-order valence-electron chi connectivity index (χ3n) is 2.72. The SMILES string of the molecule is COc1ccc(C(CCCCl)NN)c(OC)c1Br. The predicted molar refractivity (Wildman–Crippen MR) is 77.3 cm³/mol. The minimum Gasteiger partial charge on any atom is -0.495 e. The van der Waals surface area contributed by atoms with Gasteiger partial charge in [-0.15, -0.1) is 11.6 Å². The van der Waals surface area contributed by atoms with Crippen molar-refractivity contribution >= 4 is 27.5 Å². The lowest BCUT2D eigenvalue weighted by Gasteiger charge is -2.20. The molecule has 102 valence electrons. The van der Waals surface area contributed by atoms with Gasteiger partial charge >= 0.3 is 0 Å².